The van der Waals surface area contributed by atoms with Crippen molar-refractivity contribution in [3.8, 4) is 0 Å². The summed E-state index contributed by atoms with van der Waals surface area (Å²) in [5.74, 6) is 0. The van der Waals surface area contributed by atoms with E-state index in [1.54, 1.807) is 0 Å². The maximum absolute atomic E-state index is 10.4. The van der Waals surface area contributed by atoms with Crippen LogP contribution in [0.4, 0.5) is 0 Å². The average Bonchev–Trinajstić information content (AvgIpc) is 1.98. The zero-order valence-corrected chi connectivity index (χ0v) is 10.2. The molecule has 0 aromatic heterocycles. The Labute approximate surface area is 128 Å². The van der Waals surface area contributed by atoms with Crippen molar-refractivity contribution in [1.29, 1.82) is 0 Å². The van der Waals surface area contributed by atoms with Gasteiger partial charge in [0.1, 0.15) is 4.49 Å². The first-order valence-corrected chi connectivity index (χ1v) is 5.74. The molecular weight excluding hydrogens is 328 g/mol. The van der Waals surface area contributed by atoms with Crippen molar-refractivity contribution in [2.45, 2.75) is 0 Å². The Bertz CT molecular complexity index is 368. The molecule has 0 saturated carbocycles. The van der Waals surface area contributed by atoms with Crippen LogP contribution in [0.2, 0.25) is 0 Å². The van der Waals surface area contributed by atoms with Gasteiger partial charge in [0.2, 0.25) is 0 Å². The molecule has 0 radical (unpaired) electrons. The normalized spacial score (nSPS) is 12.7. The minimum atomic E-state index is -4.60. The van der Waals surface area contributed by atoms with Gasteiger partial charge in [-0.15, -0.1) is 0 Å². The van der Waals surface area contributed by atoms with Crippen LogP contribution in [0.3, 0.4) is 0 Å². The molecule has 0 atom stereocenters. The number of hydrogen-bond acceptors (Lipinski definition) is 2. The van der Waals surface area contributed by atoms with E-state index in [1.807, 2.05) is 0 Å². The molecule has 0 amide bonds. The van der Waals surface area contributed by atoms with Crippen LogP contribution >= 0.6 is 58.0 Å². The molecule has 0 aliphatic heterocycles. The van der Waals surface area contributed by atoms with Crippen LogP contribution in [0.15, 0.2) is 18.9 Å². The van der Waals surface area contributed by atoms with E-state index in [2.05, 4.69) is 0 Å². The van der Waals surface area contributed by atoms with Gasteiger partial charge in [0.25, 0.3) is 0 Å². The van der Waals surface area contributed by atoms with Gasteiger partial charge in [-0.2, -0.15) is 8.42 Å². The summed E-state index contributed by atoms with van der Waals surface area (Å²) in [6.07, 6.45) is 0. The first-order valence-electron chi connectivity index (χ1n) is 2.41. The second-order valence-electron chi connectivity index (χ2n) is 1.64. The topological polar surface area (TPSA) is 54.4 Å². The van der Waals surface area contributed by atoms with Gasteiger partial charge in [0.05, 0.1) is 10.1 Å². The standard InChI is InChI=1S/C4HCl5O3S.Na.H/c5-1(3(7)8)2(6)4(9)13(10,11)12;;/h(H,10,11,12);;. The fourth-order valence-corrected chi connectivity index (χ4v) is 1.58. The summed E-state index contributed by atoms with van der Waals surface area (Å²) in [5.41, 5.74) is 0. The molecule has 78 valence electrons. The van der Waals surface area contributed by atoms with E-state index in [4.69, 9.17) is 62.6 Å². The monoisotopic (exact) mass is 328 g/mol. The molecule has 0 fully saturated rings. The molecule has 0 spiro atoms. The summed E-state index contributed by atoms with van der Waals surface area (Å²) in [5, 5.41) is -1.11. The van der Waals surface area contributed by atoms with Crippen molar-refractivity contribution < 1.29 is 13.0 Å². The predicted molar refractivity (Wildman–Crippen MR) is 62.0 cm³/mol. The van der Waals surface area contributed by atoms with Gasteiger partial charge in [-0.05, 0) is 0 Å². The summed E-state index contributed by atoms with van der Waals surface area (Å²) in [7, 11) is -4.60. The molecule has 0 rings (SSSR count). The fourth-order valence-electron chi connectivity index (χ4n) is 0.282. The molecule has 0 aromatic carbocycles. The zero-order chi connectivity index (χ0) is 10.8. The Morgan fingerprint density at radius 3 is 1.50 bits per heavy atom. The second-order valence-corrected chi connectivity index (χ2v) is 5.30. The van der Waals surface area contributed by atoms with Gasteiger partial charge in [-0.1, -0.05) is 58.0 Å². The van der Waals surface area contributed by atoms with Crippen molar-refractivity contribution in [2.24, 2.45) is 0 Å². The van der Waals surface area contributed by atoms with Crippen LogP contribution in [0.5, 0.6) is 0 Å². The minimum absolute atomic E-state index is 0. The van der Waals surface area contributed by atoms with Gasteiger partial charge >= 0.3 is 39.7 Å². The maximum atomic E-state index is 10.4. The summed E-state index contributed by atoms with van der Waals surface area (Å²) >= 11 is 26.1. The van der Waals surface area contributed by atoms with Crippen molar-refractivity contribution in [2.75, 3.05) is 0 Å². The molecular formula is C4H2Cl5NaO3S. The molecule has 0 aliphatic carbocycles. The average molecular weight is 330 g/mol. The molecule has 0 bridgehead atoms. The van der Waals surface area contributed by atoms with Gasteiger partial charge in [-0.25, -0.2) is 0 Å². The van der Waals surface area contributed by atoms with Crippen molar-refractivity contribution >= 4 is 97.7 Å². The van der Waals surface area contributed by atoms with Gasteiger partial charge < -0.3 is 0 Å². The molecule has 14 heavy (non-hydrogen) atoms. The summed E-state index contributed by atoms with van der Waals surface area (Å²) in [4.78, 5) is 0. The van der Waals surface area contributed by atoms with E-state index in [-0.39, 0.29) is 29.6 Å². The van der Waals surface area contributed by atoms with E-state index in [1.165, 1.54) is 0 Å². The van der Waals surface area contributed by atoms with Crippen LogP contribution in [0.1, 0.15) is 0 Å². The molecule has 0 unspecified atom stereocenters. The van der Waals surface area contributed by atoms with E-state index < -0.39 is 29.0 Å². The van der Waals surface area contributed by atoms with Gasteiger partial charge in [0, 0.05) is 0 Å². The Morgan fingerprint density at radius 1 is 0.929 bits per heavy atom. The molecule has 10 heteroatoms. The van der Waals surface area contributed by atoms with Crippen molar-refractivity contribution in [3.05, 3.63) is 18.9 Å². The van der Waals surface area contributed by atoms with Crippen LogP contribution in [0.25, 0.3) is 0 Å². The third kappa shape index (κ3) is 5.80. The van der Waals surface area contributed by atoms with Crippen molar-refractivity contribution in [3.63, 3.8) is 0 Å². The van der Waals surface area contributed by atoms with Crippen LogP contribution in [-0.2, 0) is 10.1 Å². The summed E-state index contributed by atoms with van der Waals surface area (Å²) < 4.78 is 27.7. The van der Waals surface area contributed by atoms with Crippen LogP contribution in [-0.4, -0.2) is 42.5 Å². The number of hydrogen-bond donors (Lipinski definition) is 1. The number of halogens is 5. The van der Waals surface area contributed by atoms with Gasteiger partial charge in [0.15, 0.2) is 4.36 Å². The first kappa shape index (κ1) is 18.2. The SMILES string of the molecule is O=S(=O)(O)C(Cl)=C(Cl)C(Cl)=C(Cl)Cl.[NaH]. The zero-order valence-electron chi connectivity index (χ0n) is 5.56. The Hall–Kier alpha value is 1.84. The van der Waals surface area contributed by atoms with E-state index >= 15 is 0 Å². The molecule has 0 saturated heterocycles. The molecule has 1 N–H and O–H groups in total. The molecule has 0 aliphatic rings. The number of rotatable bonds is 2. The quantitative estimate of drug-likeness (QED) is 0.481. The number of allylic oxidation sites excluding steroid dienone is 2. The Morgan fingerprint density at radius 2 is 1.29 bits per heavy atom. The van der Waals surface area contributed by atoms with E-state index in [9.17, 15) is 8.42 Å². The van der Waals surface area contributed by atoms with Crippen LogP contribution < -0.4 is 0 Å². The van der Waals surface area contributed by atoms with Crippen LogP contribution in [0, 0.1) is 0 Å². The third-order valence-corrected chi connectivity index (χ3v) is 3.82. The second kappa shape index (κ2) is 7.22. The Kier molecular flexibility index (Phi) is 9.39. The molecule has 0 heterocycles. The summed E-state index contributed by atoms with van der Waals surface area (Å²) in [6, 6.07) is 0. The fraction of sp³-hybridized carbons (Fsp3) is 0. The van der Waals surface area contributed by atoms with E-state index in [0.29, 0.717) is 0 Å². The Balaban J connectivity index is 0. The first-order chi connectivity index (χ1) is 5.68. The predicted octanol–water partition coefficient (Wildman–Crippen LogP) is 2.76. The summed E-state index contributed by atoms with van der Waals surface area (Å²) in [6.45, 7) is 0. The molecule has 0 aromatic rings. The van der Waals surface area contributed by atoms with Gasteiger partial charge in [-0.3, -0.25) is 4.55 Å². The third-order valence-electron chi connectivity index (χ3n) is 0.758. The van der Waals surface area contributed by atoms with Crippen molar-refractivity contribution in [1.82, 2.24) is 0 Å². The van der Waals surface area contributed by atoms with E-state index in [0.717, 1.165) is 0 Å². The molecule has 3 nitrogen and oxygen atoms in total.